The highest BCUT2D eigenvalue weighted by Gasteiger charge is 2.26. The molecule has 0 amide bonds. The summed E-state index contributed by atoms with van der Waals surface area (Å²) in [5, 5.41) is 0. The van der Waals surface area contributed by atoms with Gasteiger partial charge in [-0.15, -0.1) is 0 Å². The number of rotatable bonds is 4. The van der Waals surface area contributed by atoms with E-state index in [1.54, 1.807) is 48.5 Å². The zero-order valence-corrected chi connectivity index (χ0v) is 15.5. The van der Waals surface area contributed by atoms with Gasteiger partial charge in [-0.05, 0) is 55.5 Å². The number of anilines is 2. The van der Waals surface area contributed by atoms with Crippen LogP contribution >= 0.6 is 15.9 Å². The fourth-order valence-corrected chi connectivity index (χ4v) is 4.14. The molecule has 0 unspecified atom stereocenters. The van der Waals surface area contributed by atoms with E-state index in [2.05, 4.69) is 15.9 Å². The molecule has 0 saturated carbocycles. The number of aryl methyl sites for hydroxylation is 1. The van der Waals surface area contributed by atoms with Gasteiger partial charge in [0.2, 0.25) is 0 Å². The SMILES string of the molecule is Cc1ccc(S(=O)(=O)N(c2ccccc2)c2ccc(Br)cc2)cc1. The number of para-hydroxylation sites is 1. The van der Waals surface area contributed by atoms with Crippen LogP contribution < -0.4 is 4.31 Å². The van der Waals surface area contributed by atoms with E-state index in [1.165, 1.54) is 4.31 Å². The molecular weight excluding hydrogens is 386 g/mol. The molecule has 0 saturated heterocycles. The van der Waals surface area contributed by atoms with Gasteiger partial charge in [-0.3, -0.25) is 0 Å². The zero-order valence-electron chi connectivity index (χ0n) is 13.1. The fourth-order valence-electron chi connectivity index (χ4n) is 2.38. The maximum atomic E-state index is 13.2. The summed E-state index contributed by atoms with van der Waals surface area (Å²) >= 11 is 3.39. The molecule has 3 rings (SSSR count). The van der Waals surface area contributed by atoms with Crippen molar-refractivity contribution >= 4 is 37.3 Å². The predicted octanol–water partition coefficient (Wildman–Crippen LogP) is 5.28. The Hall–Kier alpha value is -2.11. The van der Waals surface area contributed by atoms with Gasteiger partial charge in [0.1, 0.15) is 0 Å². The Bertz CT molecular complexity index is 921. The molecule has 0 bridgehead atoms. The van der Waals surface area contributed by atoms with E-state index >= 15 is 0 Å². The lowest BCUT2D eigenvalue weighted by Gasteiger charge is -2.24. The molecule has 0 N–H and O–H groups in total. The van der Waals surface area contributed by atoms with Crippen molar-refractivity contribution in [3.63, 3.8) is 0 Å². The molecule has 0 fully saturated rings. The third kappa shape index (κ3) is 3.37. The summed E-state index contributed by atoms with van der Waals surface area (Å²) < 4.78 is 28.7. The predicted molar refractivity (Wildman–Crippen MR) is 101 cm³/mol. The Morgan fingerprint density at radius 2 is 1.29 bits per heavy atom. The number of halogens is 1. The first-order valence-corrected chi connectivity index (χ1v) is 9.64. The first kappa shape index (κ1) is 16.7. The third-order valence-electron chi connectivity index (χ3n) is 3.61. The van der Waals surface area contributed by atoms with Gasteiger partial charge < -0.3 is 0 Å². The smallest absolute Gasteiger partial charge is 0.235 e. The molecule has 0 radical (unpaired) electrons. The van der Waals surface area contributed by atoms with Crippen LogP contribution in [-0.2, 0) is 10.0 Å². The first-order chi connectivity index (χ1) is 11.5. The van der Waals surface area contributed by atoms with E-state index in [4.69, 9.17) is 0 Å². The van der Waals surface area contributed by atoms with E-state index in [1.807, 2.05) is 37.3 Å². The highest BCUT2D eigenvalue weighted by molar-refractivity contribution is 9.10. The van der Waals surface area contributed by atoms with Crippen molar-refractivity contribution < 1.29 is 8.42 Å². The lowest BCUT2D eigenvalue weighted by molar-refractivity contribution is 0.596. The Kier molecular flexibility index (Phi) is 4.73. The van der Waals surface area contributed by atoms with Gasteiger partial charge in [-0.1, -0.05) is 51.8 Å². The van der Waals surface area contributed by atoms with Gasteiger partial charge in [0.25, 0.3) is 10.0 Å². The van der Waals surface area contributed by atoms with Gasteiger partial charge in [0, 0.05) is 4.47 Å². The average molecular weight is 402 g/mol. The molecule has 0 aliphatic heterocycles. The Morgan fingerprint density at radius 3 is 1.88 bits per heavy atom. The van der Waals surface area contributed by atoms with Crippen molar-refractivity contribution in [3.05, 3.63) is 88.9 Å². The number of benzene rings is 3. The molecule has 24 heavy (non-hydrogen) atoms. The second-order valence-corrected chi connectivity index (χ2v) is 8.10. The van der Waals surface area contributed by atoms with Crippen molar-refractivity contribution in [3.8, 4) is 0 Å². The molecule has 0 aliphatic rings. The second-order valence-electron chi connectivity index (χ2n) is 5.39. The number of sulfonamides is 1. The Labute approximate surface area is 150 Å². The zero-order chi connectivity index (χ0) is 17.2. The largest absolute Gasteiger partial charge is 0.268 e. The normalized spacial score (nSPS) is 11.2. The lowest BCUT2D eigenvalue weighted by atomic mass is 10.2. The van der Waals surface area contributed by atoms with Crippen LogP contribution in [0.2, 0.25) is 0 Å². The number of hydrogen-bond donors (Lipinski definition) is 0. The fraction of sp³-hybridized carbons (Fsp3) is 0.0526. The number of hydrogen-bond acceptors (Lipinski definition) is 2. The van der Waals surface area contributed by atoms with Gasteiger partial charge >= 0.3 is 0 Å². The Balaban J connectivity index is 2.17. The third-order valence-corrected chi connectivity index (χ3v) is 5.91. The second kappa shape index (κ2) is 6.79. The molecule has 0 atom stereocenters. The van der Waals surface area contributed by atoms with E-state index in [-0.39, 0.29) is 4.90 Å². The van der Waals surface area contributed by atoms with E-state index < -0.39 is 10.0 Å². The maximum Gasteiger partial charge on any atom is 0.268 e. The molecule has 5 heteroatoms. The summed E-state index contributed by atoms with van der Waals surface area (Å²) in [4.78, 5) is 0.264. The average Bonchev–Trinajstić information content (AvgIpc) is 2.58. The molecule has 0 aromatic heterocycles. The van der Waals surface area contributed by atoms with Crippen molar-refractivity contribution in [2.75, 3.05) is 4.31 Å². The summed E-state index contributed by atoms with van der Waals surface area (Å²) in [6.07, 6.45) is 0. The van der Waals surface area contributed by atoms with E-state index in [0.717, 1.165) is 10.0 Å². The van der Waals surface area contributed by atoms with Gasteiger partial charge in [0.05, 0.1) is 16.3 Å². The number of nitrogens with zero attached hydrogens (tertiary/aromatic N) is 1. The van der Waals surface area contributed by atoms with Gasteiger partial charge in [0.15, 0.2) is 0 Å². The maximum absolute atomic E-state index is 13.2. The van der Waals surface area contributed by atoms with Crippen molar-refractivity contribution in [2.24, 2.45) is 0 Å². The van der Waals surface area contributed by atoms with Crippen LogP contribution in [0, 0.1) is 6.92 Å². The molecule has 3 aromatic rings. The summed E-state index contributed by atoms with van der Waals surface area (Å²) in [5.41, 5.74) is 2.20. The molecule has 0 spiro atoms. The van der Waals surface area contributed by atoms with Crippen LogP contribution in [0.1, 0.15) is 5.56 Å². The van der Waals surface area contributed by atoms with E-state index in [9.17, 15) is 8.42 Å². The summed E-state index contributed by atoms with van der Waals surface area (Å²) in [7, 11) is -3.72. The van der Waals surface area contributed by atoms with Crippen molar-refractivity contribution in [2.45, 2.75) is 11.8 Å². The molecular formula is C19H16BrNO2S. The van der Waals surface area contributed by atoms with Crippen LogP contribution in [0.4, 0.5) is 11.4 Å². The monoisotopic (exact) mass is 401 g/mol. The van der Waals surface area contributed by atoms with Crippen LogP contribution in [-0.4, -0.2) is 8.42 Å². The quantitative estimate of drug-likeness (QED) is 0.595. The summed E-state index contributed by atoms with van der Waals surface area (Å²) in [6.45, 7) is 1.93. The molecule has 0 aliphatic carbocycles. The van der Waals surface area contributed by atoms with E-state index in [0.29, 0.717) is 11.4 Å². The first-order valence-electron chi connectivity index (χ1n) is 7.41. The highest BCUT2D eigenvalue weighted by Crippen LogP contribution is 2.33. The van der Waals surface area contributed by atoms with Gasteiger partial charge in [-0.2, -0.15) is 0 Å². The van der Waals surface area contributed by atoms with Crippen LogP contribution in [0.3, 0.4) is 0 Å². The minimum Gasteiger partial charge on any atom is -0.235 e. The van der Waals surface area contributed by atoms with Crippen LogP contribution in [0.25, 0.3) is 0 Å². The highest BCUT2D eigenvalue weighted by atomic mass is 79.9. The standard InChI is InChI=1S/C19H16BrNO2S/c1-15-7-13-19(14-8-15)24(22,23)21(17-5-3-2-4-6-17)18-11-9-16(20)10-12-18/h2-14H,1H3. The minimum absolute atomic E-state index is 0.264. The summed E-state index contributed by atoms with van der Waals surface area (Å²) in [5.74, 6) is 0. The Morgan fingerprint density at radius 1 is 0.750 bits per heavy atom. The van der Waals surface area contributed by atoms with Crippen LogP contribution in [0.5, 0.6) is 0 Å². The molecule has 0 heterocycles. The van der Waals surface area contributed by atoms with Crippen molar-refractivity contribution in [1.82, 2.24) is 0 Å². The summed E-state index contributed by atoms with van der Waals surface area (Å²) in [6, 6.07) is 23.2. The minimum atomic E-state index is -3.72. The molecule has 3 aromatic carbocycles. The van der Waals surface area contributed by atoms with Gasteiger partial charge in [-0.25, -0.2) is 12.7 Å². The van der Waals surface area contributed by atoms with Crippen LogP contribution in [0.15, 0.2) is 88.2 Å². The topological polar surface area (TPSA) is 37.4 Å². The molecule has 3 nitrogen and oxygen atoms in total. The lowest BCUT2D eigenvalue weighted by Crippen LogP contribution is -2.26. The molecule has 122 valence electrons. The van der Waals surface area contributed by atoms with Crippen molar-refractivity contribution in [1.29, 1.82) is 0 Å².